The molecule has 2 rings (SSSR count). The van der Waals surface area contributed by atoms with Crippen molar-refractivity contribution in [1.29, 1.82) is 0 Å². The summed E-state index contributed by atoms with van der Waals surface area (Å²) < 4.78 is 0. The Hall–Kier alpha value is -1.03. The second-order valence-corrected chi connectivity index (χ2v) is 5.02. The van der Waals surface area contributed by atoms with Gasteiger partial charge in [-0.25, -0.2) is 4.79 Å². The summed E-state index contributed by atoms with van der Waals surface area (Å²) in [6.07, 6.45) is 2.31. The molecule has 2 atom stereocenters. The number of hydrogen-bond donors (Lipinski definition) is 2. The van der Waals surface area contributed by atoms with Gasteiger partial charge in [-0.2, -0.15) is 0 Å². The number of amides is 2. The Morgan fingerprint density at radius 2 is 2.40 bits per heavy atom. The Bertz CT molecular complexity index is 361. The molecule has 0 spiro atoms. The molecule has 82 valence electrons. The molecule has 0 saturated heterocycles. The first kappa shape index (κ1) is 10.5. The van der Waals surface area contributed by atoms with Crippen LogP contribution in [0, 0.1) is 5.92 Å². The van der Waals surface area contributed by atoms with Crippen LogP contribution in [-0.2, 0) is 6.42 Å². The monoisotopic (exact) mass is 224 g/mol. The molecule has 0 aliphatic heterocycles. The number of rotatable bonds is 1. The highest BCUT2D eigenvalue weighted by Crippen LogP contribution is 2.36. The van der Waals surface area contributed by atoms with Gasteiger partial charge in [0.25, 0.3) is 0 Å². The van der Waals surface area contributed by atoms with Crippen LogP contribution in [0.2, 0.25) is 0 Å². The van der Waals surface area contributed by atoms with E-state index in [0.717, 1.165) is 12.8 Å². The van der Waals surface area contributed by atoms with E-state index in [1.165, 1.54) is 10.4 Å². The van der Waals surface area contributed by atoms with E-state index in [1.54, 1.807) is 18.4 Å². The largest absolute Gasteiger partial charge is 0.341 e. The van der Waals surface area contributed by atoms with E-state index in [9.17, 15) is 4.79 Å². The van der Waals surface area contributed by atoms with Crippen LogP contribution in [-0.4, -0.2) is 13.1 Å². The number of aryl methyl sites for hydroxylation is 1. The van der Waals surface area contributed by atoms with Crippen molar-refractivity contribution in [3.05, 3.63) is 21.9 Å². The van der Waals surface area contributed by atoms with Crippen LogP contribution in [0.5, 0.6) is 0 Å². The maximum atomic E-state index is 11.3. The Morgan fingerprint density at radius 1 is 1.60 bits per heavy atom. The van der Waals surface area contributed by atoms with E-state index >= 15 is 0 Å². The van der Waals surface area contributed by atoms with Crippen LogP contribution in [0.3, 0.4) is 0 Å². The van der Waals surface area contributed by atoms with Gasteiger partial charge in [0.1, 0.15) is 0 Å². The molecule has 15 heavy (non-hydrogen) atoms. The van der Waals surface area contributed by atoms with Gasteiger partial charge in [0.05, 0.1) is 6.04 Å². The minimum Gasteiger partial charge on any atom is -0.341 e. The zero-order valence-electron chi connectivity index (χ0n) is 9.04. The lowest BCUT2D eigenvalue weighted by Crippen LogP contribution is -2.39. The number of carbonyl (C=O) groups excluding carboxylic acids is 1. The number of thiophene rings is 1. The van der Waals surface area contributed by atoms with Gasteiger partial charge in [0.15, 0.2) is 0 Å². The number of fused-ring (bicyclic) bond motifs is 1. The van der Waals surface area contributed by atoms with Gasteiger partial charge >= 0.3 is 6.03 Å². The molecular weight excluding hydrogens is 208 g/mol. The van der Waals surface area contributed by atoms with Crippen molar-refractivity contribution in [2.45, 2.75) is 25.8 Å². The Morgan fingerprint density at radius 3 is 3.13 bits per heavy atom. The van der Waals surface area contributed by atoms with Crippen molar-refractivity contribution in [1.82, 2.24) is 10.6 Å². The molecule has 0 radical (unpaired) electrons. The average molecular weight is 224 g/mol. The van der Waals surface area contributed by atoms with Crippen molar-refractivity contribution in [2.24, 2.45) is 5.92 Å². The Balaban J connectivity index is 2.20. The zero-order chi connectivity index (χ0) is 10.8. The first-order valence-electron chi connectivity index (χ1n) is 5.27. The molecule has 0 saturated carbocycles. The van der Waals surface area contributed by atoms with Crippen LogP contribution in [0.1, 0.15) is 29.8 Å². The predicted molar refractivity (Wildman–Crippen MR) is 62.1 cm³/mol. The summed E-state index contributed by atoms with van der Waals surface area (Å²) in [5.74, 6) is 0.518. The van der Waals surface area contributed by atoms with Gasteiger partial charge in [-0.15, -0.1) is 11.3 Å². The first-order chi connectivity index (χ1) is 7.22. The Kier molecular flexibility index (Phi) is 2.95. The molecule has 1 aliphatic carbocycles. The maximum Gasteiger partial charge on any atom is 0.315 e. The maximum absolute atomic E-state index is 11.3. The van der Waals surface area contributed by atoms with Crippen LogP contribution in [0.4, 0.5) is 4.79 Å². The molecule has 2 amide bonds. The third-order valence-corrected chi connectivity index (χ3v) is 4.02. The smallest absolute Gasteiger partial charge is 0.315 e. The number of nitrogens with one attached hydrogen (secondary N) is 2. The average Bonchev–Trinajstić information content (AvgIpc) is 2.70. The van der Waals surface area contributed by atoms with Crippen molar-refractivity contribution < 1.29 is 4.79 Å². The molecule has 1 heterocycles. The van der Waals surface area contributed by atoms with Crippen molar-refractivity contribution in [3.8, 4) is 0 Å². The van der Waals surface area contributed by atoms with E-state index in [2.05, 4.69) is 29.0 Å². The van der Waals surface area contributed by atoms with E-state index in [4.69, 9.17) is 0 Å². The van der Waals surface area contributed by atoms with Gasteiger partial charge in [0, 0.05) is 11.9 Å². The van der Waals surface area contributed by atoms with Crippen LogP contribution < -0.4 is 10.6 Å². The van der Waals surface area contributed by atoms with Gasteiger partial charge in [-0.05, 0) is 35.8 Å². The Labute approximate surface area is 93.9 Å². The van der Waals surface area contributed by atoms with E-state index < -0.39 is 0 Å². The summed E-state index contributed by atoms with van der Waals surface area (Å²) in [6, 6.07) is 2.22. The van der Waals surface area contributed by atoms with Gasteiger partial charge in [-0.1, -0.05) is 6.92 Å². The summed E-state index contributed by atoms with van der Waals surface area (Å²) in [5.41, 5.74) is 1.31. The lowest BCUT2D eigenvalue weighted by Gasteiger charge is -2.29. The summed E-state index contributed by atoms with van der Waals surface area (Å²) in [5, 5.41) is 7.74. The van der Waals surface area contributed by atoms with Crippen LogP contribution >= 0.6 is 11.3 Å². The second-order valence-electron chi connectivity index (χ2n) is 4.02. The minimum absolute atomic E-state index is 0.0918. The van der Waals surface area contributed by atoms with Crippen LogP contribution in [0.25, 0.3) is 0 Å². The predicted octanol–water partition coefficient (Wildman–Crippen LogP) is 2.30. The third kappa shape index (κ3) is 2.00. The molecule has 1 aliphatic rings. The fourth-order valence-corrected chi connectivity index (χ4v) is 3.04. The highest BCUT2D eigenvalue weighted by Gasteiger charge is 2.28. The summed E-state index contributed by atoms with van der Waals surface area (Å²) in [6.45, 7) is 2.20. The molecular formula is C11H16N2OS. The third-order valence-electron chi connectivity index (χ3n) is 3.02. The summed E-state index contributed by atoms with van der Waals surface area (Å²) in [7, 11) is 1.65. The minimum atomic E-state index is -0.0918. The van der Waals surface area contributed by atoms with E-state index in [0.29, 0.717) is 5.92 Å². The second kappa shape index (κ2) is 4.23. The molecule has 0 fully saturated rings. The molecule has 1 aromatic rings. The molecule has 3 nitrogen and oxygen atoms in total. The quantitative estimate of drug-likeness (QED) is 0.755. The molecule has 2 unspecified atom stereocenters. The molecule has 0 aromatic carbocycles. The van der Waals surface area contributed by atoms with Crippen molar-refractivity contribution >= 4 is 17.4 Å². The zero-order valence-corrected chi connectivity index (χ0v) is 9.86. The van der Waals surface area contributed by atoms with E-state index in [1.807, 2.05) is 0 Å². The fourth-order valence-electron chi connectivity index (χ4n) is 2.10. The highest BCUT2D eigenvalue weighted by molar-refractivity contribution is 7.10. The van der Waals surface area contributed by atoms with Crippen molar-refractivity contribution in [2.75, 3.05) is 7.05 Å². The van der Waals surface area contributed by atoms with E-state index in [-0.39, 0.29) is 12.1 Å². The normalized spacial score (nSPS) is 24.4. The first-order valence-corrected chi connectivity index (χ1v) is 6.15. The number of carbonyl (C=O) groups is 1. The molecule has 2 N–H and O–H groups in total. The number of hydrogen-bond acceptors (Lipinski definition) is 2. The topological polar surface area (TPSA) is 41.1 Å². The fraction of sp³-hybridized carbons (Fsp3) is 0.545. The molecule has 4 heteroatoms. The summed E-state index contributed by atoms with van der Waals surface area (Å²) >= 11 is 1.79. The van der Waals surface area contributed by atoms with Gasteiger partial charge in [-0.3, -0.25) is 0 Å². The SMILES string of the molecule is CNC(=O)NC1c2ccsc2CCC1C. The molecule has 0 bridgehead atoms. The lowest BCUT2D eigenvalue weighted by molar-refractivity contribution is 0.232. The highest BCUT2D eigenvalue weighted by atomic mass is 32.1. The van der Waals surface area contributed by atoms with Gasteiger partial charge < -0.3 is 10.6 Å². The lowest BCUT2D eigenvalue weighted by atomic mass is 9.85. The van der Waals surface area contributed by atoms with Crippen molar-refractivity contribution in [3.63, 3.8) is 0 Å². The molecule has 1 aromatic heterocycles. The number of urea groups is 1. The van der Waals surface area contributed by atoms with Gasteiger partial charge in [0.2, 0.25) is 0 Å². The standard InChI is InChI=1S/C11H16N2OS/c1-7-3-4-9-8(5-6-15-9)10(7)13-11(14)12-2/h5-7,10H,3-4H2,1-2H3,(H2,12,13,14). The summed E-state index contributed by atoms with van der Waals surface area (Å²) in [4.78, 5) is 12.8. The van der Waals surface area contributed by atoms with Crippen LogP contribution in [0.15, 0.2) is 11.4 Å².